The van der Waals surface area contributed by atoms with Crippen molar-refractivity contribution in [2.24, 2.45) is 11.8 Å². The summed E-state index contributed by atoms with van der Waals surface area (Å²) in [5.74, 6) is 0.611. The Morgan fingerprint density at radius 2 is 1.09 bits per heavy atom. The van der Waals surface area contributed by atoms with Gasteiger partial charge in [-0.15, -0.1) is 0 Å². The summed E-state index contributed by atoms with van der Waals surface area (Å²) in [6, 6.07) is 7.92. The minimum atomic E-state index is -0.208. The lowest BCUT2D eigenvalue weighted by atomic mass is 10.0. The quantitative estimate of drug-likeness (QED) is 0.563. The third kappa shape index (κ3) is 9.29. The van der Waals surface area contributed by atoms with Crippen molar-refractivity contribution < 1.29 is 9.59 Å². The van der Waals surface area contributed by atoms with Crippen LogP contribution in [-0.4, -0.2) is 37.0 Å². The highest BCUT2D eigenvalue weighted by molar-refractivity contribution is 5.82. The first-order valence-corrected chi connectivity index (χ1v) is 12.5. The molecule has 0 saturated carbocycles. The Morgan fingerprint density at radius 3 is 1.50 bits per heavy atom. The molecule has 6 heteroatoms. The number of carbonyl (C=O) groups is 2. The summed E-state index contributed by atoms with van der Waals surface area (Å²) in [5.41, 5.74) is 2.28. The maximum atomic E-state index is 12.7. The minimum Gasteiger partial charge on any atom is -0.355 e. The molecule has 1 aliphatic heterocycles. The number of amides is 2. The number of nitrogens with one attached hydrogen (secondary N) is 4. The van der Waals surface area contributed by atoms with Gasteiger partial charge in [-0.2, -0.15) is 0 Å². The Kier molecular flexibility index (Phi) is 11.7. The fourth-order valence-electron chi connectivity index (χ4n) is 4.17. The molecule has 6 nitrogen and oxygen atoms in total. The molecule has 2 rings (SSSR count). The van der Waals surface area contributed by atoms with Crippen LogP contribution in [0.5, 0.6) is 0 Å². The van der Waals surface area contributed by atoms with Crippen LogP contribution in [0.4, 0.5) is 0 Å². The van der Waals surface area contributed by atoms with Gasteiger partial charge in [-0.3, -0.25) is 9.59 Å². The molecule has 1 aliphatic rings. The van der Waals surface area contributed by atoms with Crippen molar-refractivity contribution in [3.8, 4) is 0 Å². The highest BCUT2D eigenvalue weighted by atomic mass is 16.2. The Balaban J connectivity index is 2.08. The molecule has 32 heavy (non-hydrogen) atoms. The van der Waals surface area contributed by atoms with Crippen LogP contribution in [0.25, 0.3) is 0 Å². The van der Waals surface area contributed by atoms with Crippen LogP contribution in [0.1, 0.15) is 77.3 Å². The van der Waals surface area contributed by atoms with Gasteiger partial charge in [0.15, 0.2) is 0 Å². The Labute approximate surface area is 194 Å². The first-order chi connectivity index (χ1) is 15.4. The van der Waals surface area contributed by atoms with Crippen molar-refractivity contribution in [2.45, 2.75) is 91.4 Å². The van der Waals surface area contributed by atoms with E-state index in [4.69, 9.17) is 0 Å². The summed E-state index contributed by atoms with van der Waals surface area (Å²) < 4.78 is 0. The van der Waals surface area contributed by atoms with Crippen molar-refractivity contribution >= 4 is 11.8 Å². The molecule has 4 N–H and O–H groups in total. The molecule has 1 heterocycles. The second-order valence-corrected chi connectivity index (χ2v) is 9.73. The summed E-state index contributed by atoms with van der Waals surface area (Å²) in [6.07, 6.45) is 6.61. The van der Waals surface area contributed by atoms with Crippen molar-refractivity contribution in [1.82, 2.24) is 21.3 Å². The van der Waals surface area contributed by atoms with Crippen molar-refractivity contribution in [3.63, 3.8) is 0 Å². The number of fused-ring (bicyclic) bond motifs is 2. The van der Waals surface area contributed by atoms with E-state index in [1.54, 1.807) is 0 Å². The predicted molar refractivity (Wildman–Crippen MR) is 131 cm³/mol. The molecule has 0 spiro atoms. The summed E-state index contributed by atoms with van der Waals surface area (Å²) in [7, 11) is 0. The number of benzene rings is 1. The van der Waals surface area contributed by atoms with Gasteiger partial charge in [0.2, 0.25) is 11.8 Å². The molecule has 0 fully saturated rings. The molecule has 2 amide bonds. The molecule has 0 saturated heterocycles. The van der Waals surface area contributed by atoms with Crippen LogP contribution in [0.3, 0.4) is 0 Å². The van der Waals surface area contributed by atoms with Gasteiger partial charge in [0.05, 0.1) is 12.1 Å². The van der Waals surface area contributed by atoms with Gasteiger partial charge in [0.25, 0.3) is 0 Å². The lowest BCUT2D eigenvalue weighted by Crippen LogP contribution is -2.47. The van der Waals surface area contributed by atoms with E-state index in [0.717, 1.165) is 49.9 Å². The Morgan fingerprint density at radius 1 is 0.688 bits per heavy atom. The topological polar surface area (TPSA) is 82.3 Å². The molecule has 1 aromatic carbocycles. The lowest BCUT2D eigenvalue weighted by molar-refractivity contribution is -0.125. The Hall–Kier alpha value is -1.92. The highest BCUT2D eigenvalue weighted by Gasteiger charge is 2.22. The molecule has 180 valence electrons. The molecule has 2 bridgehead atoms. The summed E-state index contributed by atoms with van der Waals surface area (Å²) >= 11 is 0. The zero-order chi connectivity index (χ0) is 23.3. The van der Waals surface area contributed by atoms with Crippen molar-refractivity contribution in [3.05, 3.63) is 35.4 Å². The van der Waals surface area contributed by atoms with E-state index < -0.39 is 0 Å². The number of hydrogen-bond acceptors (Lipinski definition) is 4. The van der Waals surface area contributed by atoms with Crippen LogP contribution in [-0.2, 0) is 22.7 Å². The largest absolute Gasteiger partial charge is 0.355 e. The van der Waals surface area contributed by atoms with Gasteiger partial charge in [-0.05, 0) is 35.8 Å². The molecule has 0 radical (unpaired) electrons. The van der Waals surface area contributed by atoms with E-state index in [1.165, 1.54) is 12.8 Å². The molecule has 2 atom stereocenters. The standard InChI is InChI=1S/C26H44N4O2/c1-19(2)23-25(31)27-14-9-7-5-6-8-10-15-28-26(32)24(20(3)4)30-18-22-13-11-12-21(16-22)17-29-23/h11-13,16,19-20,23-24,29-30H,5-10,14-15,17-18H2,1-4H3,(H,27,31)(H,28,32)/t23-,24?/m0/s1. The maximum absolute atomic E-state index is 12.7. The summed E-state index contributed by atoms with van der Waals surface area (Å²) in [5, 5.41) is 13.1. The Bertz CT molecular complexity index is 650. The molecule has 1 unspecified atom stereocenters. The first kappa shape index (κ1) is 26.3. The van der Waals surface area contributed by atoms with E-state index in [9.17, 15) is 9.59 Å². The predicted octanol–water partition coefficient (Wildman–Crippen LogP) is 3.50. The third-order valence-electron chi connectivity index (χ3n) is 6.14. The second kappa shape index (κ2) is 14.3. The lowest BCUT2D eigenvalue weighted by Gasteiger charge is -2.23. The van der Waals surface area contributed by atoms with Crippen LogP contribution >= 0.6 is 0 Å². The van der Waals surface area contributed by atoms with Gasteiger partial charge in [-0.1, -0.05) is 77.6 Å². The third-order valence-corrected chi connectivity index (χ3v) is 6.14. The minimum absolute atomic E-state index is 0.0908. The highest BCUT2D eigenvalue weighted by Crippen LogP contribution is 2.11. The second-order valence-electron chi connectivity index (χ2n) is 9.73. The normalized spacial score (nSPS) is 23.3. The SMILES string of the molecule is CC(C)C1NCc2cccc(c2)CN[C@@H](C(C)C)C(=O)NCCCCCCCCNC1=O. The first-order valence-electron chi connectivity index (χ1n) is 12.5. The number of hydrogen-bond donors (Lipinski definition) is 4. The van der Waals surface area contributed by atoms with Gasteiger partial charge in [0.1, 0.15) is 0 Å². The number of carbonyl (C=O) groups excluding carboxylic acids is 2. The van der Waals surface area contributed by atoms with Gasteiger partial charge in [-0.25, -0.2) is 0 Å². The average Bonchev–Trinajstić information content (AvgIpc) is 2.74. The van der Waals surface area contributed by atoms with Crippen LogP contribution in [0.15, 0.2) is 24.3 Å². The fourth-order valence-corrected chi connectivity index (χ4v) is 4.17. The average molecular weight is 445 g/mol. The molecular formula is C26H44N4O2. The monoisotopic (exact) mass is 444 g/mol. The van der Waals surface area contributed by atoms with Crippen molar-refractivity contribution in [2.75, 3.05) is 13.1 Å². The molecular weight excluding hydrogens is 400 g/mol. The maximum Gasteiger partial charge on any atom is 0.237 e. The van der Waals surface area contributed by atoms with Crippen LogP contribution < -0.4 is 21.3 Å². The number of rotatable bonds is 2. The van der Waals surface area contributed by atoms with Gasteiger partial charge < -0.3 is 21.3 Å². The van der Waals surface area contributed by atoms with Crippen molar-refractivity contribution in [1.29, 1.82) is 0 Å². The zero-order valence-corrected chi connectivity index (χ0v) is 20.5. The van der Waals surface area contributed by atoms with E-state index in [0.29, 0.717) is 13.1 Å². The van der Waals surface area contributed by atoms with E-state index >= 15 is 0 Å². The van der Waals surface area contributed by atoms with E-state index in [-0.39, 0.29) is 35.7 Å². The molecule has 0 aliphatic carbocycles. The van der Waals surface area contributed by atoms with E-state index in [2.05, 4.69) is 67.2 Å². The van der Waals surface area contributed by atoms with Crippen LogP contribution in [0.2, 0.25) is 0 Å². The summed E-state index contributed by atoms with van der Waals surface area (Å²) in [6.45, 7) is 11.1. The van der Waals surface area contributed by atoms with E-state index in [1.807, 2.05) is 6.07 Å². The molecule has 1 aromatic rings. The van der Waals surface area contributed by atoms with Gasteiger partial charge >= 0.3 is 0 Å². The fraction of sp³-hybridized carbons (Fsp3) is 0.692. The van der Waals surface area contributed by atoms with Gasteiger partial charge in [0, 0.05) is 26.2 Å². The molecule has 0 aromatic heterocycles. The summed E-state index contributed by atoms with van der Waals surface area (Å²) in [4.78, 5) is 25.4. The zero-order valence-electron chi connectivity index (χ0n) is 20.5. The van der Waals surface area contributed by atoms with Crippen LogP contribution in [0, 0.1) is 11.8 Å². The smallest absolute Gasteiger partial charge is 0.237 e.